The molecule has 0 heterocycles. The number of aliphatic hydroxyl groups is 1. The third-order valence-electron chi connectivity index (χ3n) is 5.41. The molecule has 196 valence electrons. The molecule has 1 aromatic carbocycles. The number of hydrogen-bond acceptors (Lipinski definition) is 7. The molecule has 0 fully saturated rings. The Kier molecular flexibility index (Phi) is 14.8. The second kappa shape index (κ2) is 16.7. The van der Waals surface area contributed by atoms with E-state index in [-0.39, 0.29) is 17.6 Å². The quantitative estimate of drug-likeness (QED) is 0.231. The second-order valence-electron chi connectivity index (χ2n) is 8.89. The van der Waals surface area contributed by atoms with Crippen LogP contribution in [-0.4, -0.2) is 52.4 Å². The molecule has 0 aliphatic carbocycles. The number of rotatable bonds is 17. The van der Waals surface area contributed by atoms with Gasteiger partial charge >= 0.3 is 0 Å². The van der Waals surface area contributed by atoms with Crippen LogP contribution in [0.25, 0.3) is 0 Å². The molecule has 5 N–H and O–H groups in total. The summed E-state index contributed by atoms with van der Waals surface area (Å²) in [6.07, 6.45) is 1.10. The fourth-order valence-electron chi connectivity index (χ4n) is 3.28. The van der Waals surface area contributed by atoms with Crippen molar-refractivity contribution in [2.24, 2.45) is 11.7 Å². The number of ketones is 1. The lowest BCUT2D eigenvalue weighted by atomic mass is 10.0. The molecule has 0 radical (unpaired) electrons. The van der Waals surface area contributed by atoms with Gasteiger partial charge in [-0.1, -0.05) is 51.1 Å². The minimum Gasteiger partial charge on any atom is -0.401 e. The molecule has 0 saturated heterocycles. The third kappa shape index (κ3) is 12.5. The van der Waals surface area contributed by atoms with E-state index in [1.165, 1.54) is 12.5 Å². The maximum absolute atomic E-state index is 12.8. The van der Waals surface area contributed by atoms with Crippen molar-refractivity contribution in [3.63, 3.8) is 0 Å². The van der Waals surface area contributed by atoms with Crippen molar-refractivity contribution in [3.05, 3.63) is 47.7 Å². The molecule has 0 bridgehead atoms. The fraction of sp³-hybridized carbons (Fsp3) is 0.577. The lowest BCUT2D eigenvalue weighted by Crippen LogP contribution is -2.56. The number of Topliss-reactive ketones (excluding diaryl/α,β-unsaturated/α-hetero) is 1. The van der Waals surface area contributed by atoms with Crippen molar-refractivity contribution in [3.8, 4) is 0 Å². The standard InChI is InChI=1S/C26H41N3O4S2/c1-6-8-17(2)25(32)29-24(20(5)31)26(33)28-23(19(4)27)16-35-15-22-10-7-9-21(13-22)14-34-12-11-18(3)30/h7,9-10,13,17,20,23-24,31H,4,6,8,11-12,14-16,27H2,1-3,5H3,(H,28,33)(H,29,32)/t17-,20+,23-,24-/m0/s1. The normalized spacial score (nSPS) is 14.4. The summed E-state index contributed by atoms with van der Waals surface area (Å²) in [6, 6.07) is 6.74. The van der Waals surface area contributed by atoms with E-state index in [4.69, 9.17) is 5.73 Å². The highest BCUT2D eigenvalue weighted by molar-refractivity contribution is 7.98. The van der Waals surface area contributed by atoms with E-state index >= 15 is 0 Å². The van der Waals surface area contributed by atoms with Crippen LogP contribution in [0.15, 0.2) is 36.5 Å². The maximum Gasteiger partial charge on any atom is 0.245 e. The van der Waals surface area contributed by atoms with Crippen molar-refractivity contribution >= 4 is 41.1 Å². The molecule has 0 spiro atoms. The molecule has 2 amide bonds. The molecule has 0 unspecified atom stereocenters. The molecule has 0 aromatic heterocycles. The smallest absolute Gasteiger partial charge is 0.245 e. The zero-order valence-electron chi connectivity index (χ0n) is 21.3. The lowest BCUT2D eigenvalue weighted by Gasteiger charge is -2.26. The predicted octanol–water partition coefficient (Wildman–Crippen LogP) is 3.39. The molecular weight excluding hydrogens is 482 g/mol. The van der Waals surface area contributed by atoms with E-state index in [0.717, 1.165) is 29.2 Å². The molecule has 0 aliphatic heterocycles. The highest BCUT2D eigenvalue weighted by Crippen LogP contribution is 2.19. The van der Waals surface area contributed by atoms with Gasteiger partial charge in [0.1, 0.15) is 11.8 Å². The van der Waals surface area contributed by atoms with Crippen molar-refractivity contribution in [2.75, 3.05) is 11.5 Å². The number of nitrogens with two attached hydrogens (primary N) is 1. The Morgan fingerprint density at radius 2 is 1.71 bits per heavy atom. The summed E-state index contributed by atoms with van der Waals surface area (Å²) in [4.78, 5) is 36.3. The van der Waals surface area contributed by atoms with Crippen molar-refractivity contribution < 1.29 is 19.5 Å². The number of hydrogen-bond donors (Lipinski definition) is 4. The van der Waals surface area contributed by atoms with E-state index in [2.05, 4.69) is 35.4 Å². The van der Waals surface area contributed by atoms with Crippen LogP contribution in [0, 0.1) is 5.92 Å². The first kappa shape index (κ1) is 31.1. The van der Waals surface area contributed by atoms with Gasteiger partial charge in [0, 0.05) is 41.0 Å². The average molecular weight is 524 g/mol. The molecule has 4 atom stereocenters. The van der Waals surface area contributed by atoms with Crippen LogP contribution in [-0.2, 0) is 25.9 Å². The summed E-state index contributed by atoms with van der Waals surface area (Å²) >= 11 is 3.36. The summed E-state index contributed by atoms with van der Waals surface area (Å²) < 4.78 is 0. The first-order chi connectivity index (χ1) is 16.5. The Labute approximate surface area is 218 Å². The molecular formula is C26H41N3O4S2. The minimum absolute atomic E-state index is 0.207. The maximum atomic E-state index is 12.8. The van der Waals surface area contributed by atoms with E-state index in [1.807, 2.05) is 13.0 Å². The Hall–Kier alpha value is -1.97. The summed E-state index contributed by atoms with van der Waals surface area (Å²) in [5.41, 5.74) is 8.62. The summed E-state index contributed by atoms with van der Waals surface area (Å²) in [6.45, 7) is 10.7. The van der Waals surface area contributed by atoms with E-state index < -0.39 is 24.1 Å². The van der Waals surface area contributed by atoms with Crippen molar-refractivity contribution in [2.45, 2.75) is 76.7 Å². The Balaban J connectivity index is 2.63. The van der Waals surface area contributed by atoms with Gasteiger partial charge in [0.2, 0.25) is 11.8 Å². The SMILES string of the molecule is C=C(N)[C@H](CSCc1cccc(CSCCC(C)=O)c1)NC(=O)[C@@H](NC(=O)[C@@H](C)CCC)[C@@H](C)O. The fourth-order valence-corrected chi connectivity index (χ4v) is 5.34. The van der Waals surface area contributed by atoms with Gasteiger partial charge in [-0.2, -0.15) is 23.5 Å². The molecule has 9 heteroatoms. The van der Waals surface area contributed by atoms with Crippen LogP contribution >= 0.6 is 23.5 Å². The zero-order chi connectivity index (χ0) is 26.4. The molecule has 1 rings (SSSR count). The molecule has 35 heavy (non-hydrogen) atoms. The Bertz CT molecular complexity index is 848. The second-order valence-corrected chi connectivity index (χ2v) is 11.0. The average Bonchev–Trinajstić information content (AvgIpc) is 2.79. The first-order valence-corrected chi connectivity index (χ1v) is 14.3. The summed E-state index contributed by atoms with van der Waals surface area (Å²) in [7, 11) is 0. The minimum atomic E-state index is -1.06. The predicted molar refractivity (Wildman–Crippen MR) is 147 cm³/mol. The number of aliphatic hydroxyl groups excluding tert-OH is 1. The topological polar surface area (TPSA) is 122 Å². The molecule has 0 saturated carbocycles. The van der Waals surface area contributed by atoms with Gasteiger partial charge in [-0.25, -0.2) is 0 Å². The van der Waals surface area contributed by atoms with Crippen LogP contribution in [0.5, 0.6) is 0 Å². The largest absolute Gasteiger partial charge is 0.401 e. The van der Waals surface area contributed by atoms with Gasteiger partial charge in [0.05, 0.1) is 12.1 Å². The van der Waals surface area contributed by atoms with Crippen molar-refractivity contribution in [1.29, 1.82) is 0 Å². The third-order valence-corrected chi connectivity index (χ3v) is 7.54. The van der Waals surface area contributed by atoms with Gasteiger partial charge in [-0.15, -0.1) is 0 Å². The molecule has 0 aliphatic rings. The van der Waals surface area contributed by atoms with Crippen LogP contribution in [0.1, 0.15) is 58.1 Å². The highest BCUT2D eigenvalue weighted by atomic mass is 32.2. The van der Waals surface area contributed by atoms with Gasteiger partial charge in [-0.3, -0.25) is 14.4 Å². The van der Waals surface area contributed by atoms with Gasteiger partial charge in [0.15, 0.2) is 0 Å². The van der Waals surface area contributed by atoms with Gasteiger partial charge < -0.3 is 21.5 Å². The number of carbonyl (C=O) groups excluding carboxylic acids is 3. The summed E-state index contributed by atoms with van der Waals surface area (Å²) in [5, 5.41) is 15.6. The van der Waals surface area contributed by atoms with Crippen LogP contribution in [0.4, 0.5) is 0 Å². The van der Waals surface area contributed by atoms with Gasteiger partial charge in [0.25, 0.3) is 0 Å². The highest BCUT2D eigenvalue weighted by Gasteiger charge is 2.29. The number of amides is 2. The van der Waals surface area contributed by atoms with Crippen molar-refractivity contribution in [1.82, 2.24) is 10.6 Å². The number of carbonyl (C=O) groups is 3. The van der Waals surface area contributed by atoms with Crippen LogP contribution in [0.2, 0.25) is 0 Å². The van der Waals surface area contributed by atoms with Gasteiger partial charge in [-0.05, 0) is 31.4 Å². The zero-order valence-corrected chi connectivity index (χ0v) is 23.0. The summed E-state index contributed by atoms with van der Waals surface area (Å²) in [5.74, 6) is 2.13. The lowest BCUT2D eigenvalue weighted by molar-refractivity contribution is -0.133. The van der Waals surface area contributed by atoms with Crippen LogP contribution < -0.4 is 16.4 Å². The Morgan fingerprint density at radius 1 is 1.09 bits per heavy atom. The molecule has 1 aromatic rings. The van der Waals surface area contributed by atoms with E-state index in [9.17, 15) is 19.5 Å². The number of nitrogens with one attached hydrogen (secondary N) is 2. The van der Waals surface area contributed by atoms with Crippen LogP contribution in [0.3, 0.4) is 0 Å². The first-order valence-electron chi connectivity index (χ1n) is 12.0. The van der Waals surface area contributed by atoms with E-state index in [1.54, 1.807) is 37.4 Å². The molecule has 7 nitrogen and oxygen atoms in total. The Morgan fingerprint density at radius 3 is 2.26 bits per heavy atom. The number of thioether (sulfide) groups is 2. The van der Waals surface area contributed by atoms with E-state index in [0.29, 0.717) is 24.3 Å². The number of benzene rings is 1. The monoisotopic (exact) mass is 523 g/mol.